The van der Waals surface area contributed by atoms with Gasteiger partial charge in [0.15, 0.2) is 0 Å². The number of carbonyl (C=O) groups is 1. The fourth-order valence-electron chi connectivity index (χ4n) is 2.03. The van der Waals surface area contributed by atoms with Gasteiger partial charge in [0, 0.05) is 18.7 Å². The van der Waals surface area contributed by atoms with Crippen LogP contribution in [0.1, 0.15) is 16.8 Å². The molecule has 2 atom stereocenters. The third-order valence-corrected chi connectivity index (χ3v) is 3.16. The molecule has 1 aromatic carbocycles. The van der Waals surface area contributed by atoms with Gasteiger partial charge in [-0.1, -0.05) is 0 Å². The molecule has 7 nitrogen and oxygen atoms in total. The Morgan fingerprint density at radius 2 is 2.15 bits per heavy atom. The minimum atomic E-state index is -0.563. The van der Waals surface area contributed by atoms with E-state index in [2.05, 4.69) is 11.4 Å². The Bertz CT molecular complexity index is 550. The minimum Gasteiger partial charge on any atom is -0.457 e. The van der Waals surface area contributed by atoms with Crippen LogP contribution in [0.3, 0.4) is 0 Å². The second-order valence-electron chi connectivity index (χ2n) is 4.48. The van der Waals surface area contributed by atoms with Gasteiger partial charge >= 0.3 is 5.97 Å². The van der Waals surface area contributed by atoms with E-state index in [9.17, 15) is 14.9 Å². The molecule has 0 bridgehead atoms. The van der Waals surface area contributed by atoms with Crippen molar-refractivity contribution in [3.05, 3.63) is 39.9 Å². The molecule has 2 rings (SSSR count). The molecule has 104 valence electrons. The van der Waals surface area contributed by atoms with Gasteiger partial charge in [-0.15, -0.1) is 0 Å². The van der Waals surface area contributed by atoms with Crippen LogP contribution in [-0.4, -0.2) is 30.1 Å². The molecule has 0 amide bonds. The molecular formula is C13H13N3O4. The number of piperidine rings is 1. The van der Waals surface area contributed by atoms with Crippen molar-refractivity contribution < 1.29 is 14.5 Å². The van der Waals surface area contributed by atoms with Crippen molar-refractivity contribution >= 4 is 11.7 Å². The van der Waals surface area contributed by atoms with E-state index in [0.717, 1.165) is 0 Å². The molecule has 0 radical (unpaired) electrons. The first-order valence-corrected chi connectivity index (χ1v) is 6.17. The molecule has 0 aliphatic carbocycles. The summed E-state index contributed by atoms with van der Waals surface area (Å²) < 4.78 is 5.31. The molecule has 1 aliphatic heterocycles. The number of nitrogens with zero attached hydrogens (tertiary/aromatic N) is 2. The highest BCUT2D eigenvalue weighted by Gasteiger charge is 2.28. The molecule has 2 unspecified atom stereocenters. The summed E-state index contributed by atoms with van der Waals surface area (Å²) in [4.78, 5) is 21.9. The van der Waals surface area contributed by atoms with Crippen molar-refractivity contribution in [2.24, 2.45) is 5.92 Å². The lowest BCUT2D eigenvalue weighted by atomic mass is 9.97. The van der Waals surface area contributed by atoms with E-state index in [-0.39, 0.29) is 17.2 Å². The molecular weight excluding hydrogens is 262 g/mol. The summed E-state index contributed by atoms with van der Waals surface area (Å²) >= 11 is 0. The number of nitriles is 1. The molecule has 0 aromatic heterocycles. The van der Waals surface area contributed by atoms with E-state index in [1.807, 2.05) is 0 Å². The van der Waals surface area contributed by atoms with Crippen molar-refractivity contribution in [2.75, 3.05) is 13.1 Å². The maximum absolute atomic E-state index is 11.9. The number of ether oxygens (including phenoxy) is 1. The normalized spacial score (nSPS) is 21.8. The number of nitro benzene ring substituents is 1. The first-order valence-electron chi connectivity index (χ1n) is 6.17. The van der Waals surface area contributed by atoms with E-state index in [1.165, 1.54) is 24.3 Å². The van der Waals surface area contributed by atoms with E-state index < -0.39 is 17.0 Å². The van der Waals surface area contributed by atoms with Gasteiger partial charge in [-0.2, -0.15) is 5.26 Å². The molecule has 1 fully saturated rings. The first kappa shape index (κ1) is 14.0. The molecule has 1 heterocycles. The summed E-state index contributed by atoms with van der Waals surface area (Å²) in [6, 6.07) is 7.31. The lowest BCUT2D eigenvalue weighted by molar-refractivity contribution is -0.384. The fraction of sp³-hybridized carbons (Fsp3) is 0.385. The largest absolute Gasteiger partial charge is 0.457 e. The summed E-state index contributed by atoms with van der Waals surface area (Å²) in [5, 5.41) is 22.6. The van der Waals surface area contributed by atoms with Gasteiger partial charge in [0.05, 0.1) is 22.5 Å². The van der Waals surface area contributed by atoms with Crippen molar-refractivity contribution in [2.45, 2.75) is 12.5 Å². The van der Waals surface area contributed by atoms with Gasteiger partial charge in [-0.3, -0.25) is 10.1 Å². The van der Waals surface area contributed by atoms with Crippen molar-refractivity contribution in [3.63, 3.8) is 0 Å². The number of rotatable bonds is 3. The number of carbonyl (C=O) groups excluding carboxylic acids is 1. The lowest BCUT2D eigenvalue weighted by Crippen LogP contribution is -2.41. The number of nitrogens with one attached hydrogen (secondary N) is 1. The van der Waals surface area contributed by atoms with E-state index >= 15 is 0 Å². The number of nitro groups is 1. The molecule has 1 saturated heterocycles. The quantitative estimate of drug-likeness (QED) is 0.505. The zero-order chi connectivity index (χ0) is 14.5. The lowest BCUT2D eigenvalue weighted by Gasteiger charge is -2.27. The van der Waals surface area contributed by atoms with Crippen LogP contribution in [0.5, 0.6) is 0 Å². The number of benzene rings is 1. The standard InChI is InChI=1S/C13H13N3O4/c14-7-10-8-15-6-5-12(10)20-13(17)9-1-3-11(4-2-9)16(18)19/h1-4,10,12,15H,5-6,8H2. The number of non-ortho nitro benzene ring substituents is 1. The number of hydrogen-bond donors (Lipinski definition) is 1. The van der Waals surface area contributed by atoms with Gasteiger partial charge in [0.25, 0.3) is 5.69 Å². The maximum Gasteiger partial charge on any atom is 0.338 e. The summed E-state index contributed by atoms with van der Waals surface area (Å²) in [5.41, 5.74) is 0.157. The number of esters is 1. The van der Waals surface area contributed by atoms with Gasteiger partial charge < -0.3 is 10.1 Å². The van der Waals surface area contributed by atoms with Gasteiger partial charge in [0.1, 0.15) is 6.10 Å². The van der Waals surface area contributed by atoms with Crippen LogP contribution in [0, 0.1) is 27.4 Å². The molecule has 1 N–H and O–H groups in total. The first-order chi connectivity index (χ1) is 9.61. The second kappa shape index (κ2) is 6.12. The Labute approximate surface area is 115 Å². The minimum absolute atomic E-state index is 0.0849. The summed E-state index contributed by atoms with van der Waals surface area (Å²) in [6.07, 6.45) is 0.140. The smallest absolute Gasteiger partial charge is 0.338 e. The molecule has 0 saturated carbocycles. The number of hydrogen-bond acceptors (Lipinski definition) is 6. The highest BCUT2D eigenvalue weighted by molar-refractivity contribution is 5.89. The average Bonchev–Trinajstić information content (AvgIpc) is 2.48. The highest BCUT2D eigenvalue weighted by atomic mass is 16.6. The van der Waals surface area contributed by atoms with Crippen LogP contribution in [0.4, 0.5) is 5.69 Å². The van der Waals surface area contributed by atoms with Crippen LogP contribution >= 0.6 is 0 Å². The van der Waals surface area contributed by atoms with Gasteiger partial charge in [-0.25, -0.2) is 4.79 Å². The van der Waals surface area contributed by atoms with Crippen molar-refractivity contribution in [1.82, 2.24) is 5.32 Å². The zero-order valence-corrected chi connectivity index (χ0v) is 10.6. The van der Waals surface area contributed by atoms with Gasteiger partial charge in [-0.05, 0) is 25.1 Å². The van der Waals surface area contributed by atoms with E-state index in [0.29, 0.717) is 19.5 Å². The predicted octanol–water partition coefficient (Wildman–Crippen LogP) is 1.25. The topological polar surface area (TPSA) is 105 Å². The Hall–Kier alpha value is -2.46. The monoisotopic (exact) mass is 275 g/mol. The third-order valence-electron chi connectivity index (χ3n) is 3.16. The van der Waals surface area contributed by atoms with Crippen LogP contribution in [0.15, 0.2) is 24.3 Å². The SMILES string of the molecule is N#CC1CNCCC1OC(=O)c1ccc([N+](=O)[O-])cc1. The van der Waals surface area contributed by atoms with E-state index in [1.54, 1.807) is 0 Å². The maximum atomic E-state index is 11.9. The van der Waals surface area contributed by atoms with Crippen molar-refractivity contribution in [3.8, 4) is 6.07 Å². The van der Waals surface area contributed by atoms with E-state index in [4.69, 9.17) is 10.00 Å². The summed E-state index contributed by atoms with van der Waals surface area (Å²) in [7, 11) is 0. The Morgan fingerprint density at radius 1 is 1.45 bits per heavy atom. The average molecular weight is 275 g/mol. The summed E-state index contributed by atoms with van der Waals surface area (Å²) in [5.74, 6) is -0.933. The zero-order valence-electron chi connectivity index (χ0n) is 10.6. The Balaban J connectivity index is 2.04. The van der Waals surface area contributed by atoms with Gasteiger partial charge in [0.2, 0.25) is 0 Å². The molecule has 1 aliphatic rings. The fourth-order valence-corrected chi connectivity index (χ4v) is 2.03. The molecule has 1 aromatic rings. The predicted molar refractivity (Wildman–Crippen MR) is 68.9 cm³/mol. The van der Waals surface area contributed by atoms with Crippen LogP contribution < -0.4 is 5.32 Å². The van der Waals surface area contributed by atoms with Crippen LogP contribution in [-0.2, 0) is 4.74 Å². The Kier molecular flexibility index (Phi) is 4.27. The second-order valence-corrected chi connectivity index (χ2v) is 4.48. The molecule has 20 heavy (non-hydrogen) atoms. The van der Waals surface area contributed by atoms with Crippen molar-refractivity contribution in [1.29, 1.82) is 5.26 Å². The highest BCUT2D eigenvalue weighted by Crippen LogP contribution is 2.18. The molecule has 0 spiro atoms. The van der Waals surface area contributed by atoms with Crippen LogP contribution in [0.25, 0.3) is 0 Å². The van der Waals surface area contributed by atoms with Crippen LogP contribution in [0.2, 0.25) is 0 Å². The summed E-state index contributed by atoms with van der Waals surface area (Å²) in [6.45, 7) is 1.19. The Morgan fingerprint density at radius 3 is 2.75 bits per heavy atom. The third kappa shape index (κ3) is 3.10. The molecule has 7 heteroatoms.